The number of nitrogens with zero attached hydrogens (tertiary/aromatic N) is 3. The summed E-state index contributed by atoms with van der Waals surface area (Å²) >= 11 is 0. The lowest BCUT2D eigenvalue weighted by Crippen LogP contribution is -2.44. The molecule has 6 heteroatoms. The van der Waals surface area contributed by atoms with E-state index in [0.29, 0.717) is 18.3 Å². The Morgan fingerprint density at radius 1 is 1.36 bits per heavy atom. The number of carbonyl (C=O) groups excluding carboxylic acids is 1. The second-order valence-electron chi connectivity index (χ2n) is 7.69. The first kappa shape index (κ1) is 18.4. The monoisotopic (exact) mass is 349 g/mol. The summed E-state index contributed by atoms with van der Waals surface area (Å²) in [6.07, 6.45) is 9.68. The molecule has 1 aliphatic heterocycles. The van der Waals surface area contributed by atoms with Crippen molar-refractivity contribution in [3.8, 4) is 0 Å². The van der Waals surface area contributed by atoms with Gasteiger partial charge in [-0.3, -0.25) is 4.79 Å². The average Bonchev–Trinajstić information content (AvgIpc) is 3.06. The third kappa shape index (κ3) is 4.42. The van der Waals surface area contributed by atoms with Gasteiger partial charge in [0.25, 0.3) is 0 Å². The molecule has 4 atom stereocenters. The highest BCUT2D eigenvalue weighted by atomic mass is 16.5. The van der Waals surface area contributed by atoms with Crippen LogP contribution in [0.25, 0.3) is 0 Å². The zero-order chi connectivity index (χ0) is 17.8. The van der Waals surface area contributed by atoms with Gasteiger partial charge in [0.2, 0.25) is 5.91 Å². The number of aliphatic hydroxyl groups is 1. The number of carbonyl (C=O) groups is 1. The Bertz CT molecular complexity index is 574. The topological polar surface area (TPSA) is 67.6 Å². The highest BCUT2D eigenvalue weighted by molar-refractivity contribution is 5.77. The number of hydrogen-bond donors (Lipinski definition) is 1. The van der Waals surface area contributed by atoms with E-state index in [1.54, 1.807) is 6.20 Å². The number of rotatable bonds is 5. The standard InChI is InChI=1S/C19H31N3O3/c1-14-6-3-4-8-16(14)25-13-17(23)22-10-5-7-15(12-22)18(24)19-20-9-11-21(19)2/h9,11,14-16,18,24H,3-8,10,12-13H2,1-2H3. The highest BCUT2D eigenvalue weighted by Gasteiger charge is 2.31. The third-order valence-electron chi connectivity index (χ3n) is 5.83. The molecule has 25 heavy (non-hydrogen) atoms. The molecule has 1 saturated heterocycles. The summed E-state index contributed by atoms with van der Waals surface area (Å²) in [6, 6.07) is 0. The van der Waals surface area contributed by atoms with E-state index in [1.165, 1.54) is 19.3 Å². The van der Waals surface area contributed by atoms with E-state index < -0.39 is 6.10 Å². The smallest absolute Gasteiger partial charge is 0.248 e. The average molecular weight is 349 g/mol. The molecule has 0 spiro atoms. The van der Waals surface area contributed by atoms with E-state index in [4.69, 9.17) is 4.74 Å². The number of hydrogen-bond acceptors (Lipinski definition) is 4. The van der Waals surface area contributed by atoms with Crippen LogP contribution < -0.4 is 0 Å². The second-order valence-corrected chi connectivity index (χ2v) is 7.69. The number of aliphatic hydroxyl groups excluding tert-OH is 1. The molecule has 4 unspecified atom stereocenters. The van der Waals surface area contributed by atoms with Crippen LogP contribution in [-0.4, -0.2) is 51.3 Å². The number of piperidine rings is 1. The van der Waals surface area contributed by atoms with E-state index in [9.17, 15) is 9.90 Å². The number of ether oxygens (including phenoxy) is 1. The molecule has 0 bridgehead atoms. The van der Waals surface area contributed by atoms with Crippen molar-refractivity contribution in [2.24, 2.45) is 18.9 Å². The predicted octanol–water partition coefficient (Wildman–Crippen LogP) is 2.29. The van der Waals surface area contributed by atoms with Gasteiger partial charge in [0, 0.05) is 38.4 Å². The summed E-state index contributed by atoms with van der Waals surface area (Å²) < 4.78 is 7.77. The molecule has 1 aliphatic carbocycles. The van der Waals surface area contributed by atoms with Crippen molar-refractivity contribution in [2.45, 2.75) is 57.7 Å². The quantitative estimate of drug-likeness (QED) is 0.886. The van der Waals surface area contributed by atoms with Crippen molar-refractivity contribution in [2.75, 3.05) is 19.7 Å². The predicted molar refractivity (Wildman–Crippen MR) is 94.8 cm³/mol. The van der Waals surface area contributed by atoms with Crippen molar-refractivity contribution in [3.05, 3.63) is 18.2 Å². The summed E-state index contributed by atoms with van der Waals surface area (Å²) in [4.78, 5) is 18.7. The molecule has 1 saturated carbocycles. The Balaban J connectivity index is 1.52. The van der Waals surface area contributed by atoms with Crippen LogP contribution in [0.4, 0.5) is 0 Å². The summed E-state index contributed by atoms with van der Waals surface area (Å²) in [7, 11) is 1.89. The van der Waals surface area contributed by atoms with Crippen LogP contribution in [0.15, 0.2) is 12.4 Å². The van der Waals surface area contributed by atoms with Gasteiger partial charge in [-0.1, -0.05) is 19.8 Å². The molecule has 140 valence electrons. The number of aromatic nitrogens is 2. The first-order valence-corrected chi connectivity index (χ1v) is 9.61. The molecular weight excluding hydrogens is 318 g/mol. The Morgan fingerprint density at radius 3 is 2.88 bits per heavy atom. The molecule has 1 aromatic rings. The minimum Gasteiger partial charge on any atom is -0.385 e. The molecule has 1 amide bonds. The van der Waals surface area contributed by atoms with Gasteiger partial charge in [0.1, 0.15) is 18.5 Å². The number of amides is 1. The van der Waals surface area contributed by atoms with Crippen molar-refractivity contribution in [1.29, 1.82) is 0 Å². The van der Waals surface area contributed by atoms with Gasteiger partial charge < -0.3 is 19.3 Å². The van der Waals surface area contributed by atoms with Gasteiger partial charge in [-0.15, -0.1) is 0 Å². The molecule has 6 nitrogen and oxygen atoms in total. The van der Waals surface area contributed by atoms with E-state index >= 15 is 0 Å². The van der Waals surface area contributed by atoms with Crippen LogP contribution in [0, 0.1) is 11.8 Å². The van der Waals surface area contributed by atoms with Gasteiger partial charge in [0.05, 0.1) is 6.10 Å². The minimum atomic E-state index is -0.630. The van der Waals surface area contributed by atoms with E-state index in [2.05, 4.69) is 11.9 Å². The SMILES string of the molecule is CC1CCCCC1OCC(=O)N1CCCC(C(O)c2nccn2C)C1. The first-order valence-electron chi connectivity index (χ1n) is 9.61. The lowest BCUT2D eigenvalue weighted by Gasteiger charge is -2.35. The Labute approximate surface area is 150 Å². The molecular formula is C19H31N3O3. The van der Waals surface area contributed by atoms with Crippen LogP contribution >= 0.6 is 0 Å². The van der Waals surface area contributed by atoms with Crippen molar-refractivity contribution in [3.63, 3.8) is 0 Å². The van der Waals surface area contributed by atoms with Gasteiger partial charge in [0.15, 0.2) is 0 Å². The molecule has 2 fully saturated rings. The molecule has 0 radical (unpaired) electrons. The lowest BCUT2D eigenvalue weighted by molar-refractivity contribution is -0.142. The van der Waals surface area contributed by atoms with Gasteiger partial charge in [-0.2, -0.15) is 0 Å². The Hall–Kier alpha value is -1.40. The third-order valence-corrected chi connectivity index (χ3v) is 5.83. The maximum Gasteiger partial charge on any atom is 0.248 e. The van der Waals surface area contributed by atoms with Crippen molar-refractivity contribution < 1.29 is 14.6 Å². The largest absolute Gasteiger partial charge is 0.385 e. The maximum atomic E-state index is 12.6. The molecule has 3 rings (SSSR count). The summed E-state index contributed by atoms with van der Waals surface area (Å²) in [6.45, 7) is 3.72. The van der Waals surface area contributed by atoms with Gasteiger partial charge >= 0.3 is 0 Å². The molecule has 0 aromatic carbocycles. The first-order chi connectivity index (χ1) is 12.1. The van der Waals surface area contributed by atoms with Crippen LogP contribution in [0.2, 0.25) is 0 Å². The number of imidazole rings is 1. The molecule has 1 aromatic heterocycles. The van der Waals surface area contributed by atoms with E-state index in [0.717, 1.165) is 25.8 Å². The second kappa shape index (κ2) is 8.32. The number of aryl methyl sites for hydroxylation is 1. The fraction of sp³-hybridized carbons (Fsp3) is 0.789. The normalized spacial score (nSPS) is 28.8. The molecule has 2 heterocycles. The fourth-order valence-corrected chi connectivity index (χ4v) is 4.17. The zero-order valence-electron chi connectivity index (χ0n) is 15.4. The van der Waals surface area contributed by atoms with E-state index in [1.807, 2.05) is 22.7 Å². The van der Waals surface area contributed by atoms with Gasteiger partial charge in [-0.25, -0.2) is 4.98 Å². The minimum absolute atomic E-state index is 0.0346. The maximum absolute atomic E-state index is 12.6. The van der Waals surface area contributed by atoms with Crippen LogP contribution in [0.1, 0.15) is 57.4 Å². The van der Waals surface area contributed by atoms with Gasteiger partial charge in [-0.05, 0) is 31.6 Å². The zero-order valence-corrected chi connectivity index (χ0v) is 15.4. The van der Waals surface area contributed by atoms with Crippen molar-refractivity contribution >= 4 is 5.91 Å². The van der Waals surface area contributed by atoms with Crippen LogP contribution in [0.5, 0.6) is 0 Å². The Kier molecular flexibility index (Phi) is 6.12. The Morgan fingerprint density at radius 2 is 2.16 bits per heavy atom. The fourth-order valence-electron chi connectivity index (χ4n) is 4.17. The summed E-state index contributed by atoms with van der Waals surface area (Å²) in [5.41, 5.74) is 0. The van der Waals surface area contributed by atoms with E-state index in [-0.39, 0.29) is 24.5 Å². The highest BCUT2D eigenvalue weighted by Crippen LogP contribution is 2.29. The lowest BCUT2D eigenvalue weighted by atomic mass is 9.88. The van der Waals surface area contributed by atoms with Crippen LogP contribution in [-0.2, 0) is 16.6 Å². The molecule has 1 N–H and O–H groups in total. The van der Waals surface area contributed by atoms with Crippen molar-refractivity contribution in [1.82, 2.24) is 14.5 Å². The number of likely N-dealkylation sites (tertiary alicyclic amines) is 1. The van der Waals surface area contributed by atoms with Crippen LogP contribution in [0.3, 0.4) is 0 Å². The molecule has 2 aliphatic rings. The summed E-state index contributed by atoms with van der Waals surface area (Å²) in [5.74, 6) is 1.30. The summed E-state index contributed by atoms with van der Waals surface area (Å²) in [5, 5.41) is 10.6.